The van der Waals surface area contributed by atoms with E-state index in [0.717, 1.165) is 34.1 Å². The molecule has 206 valence electrons. The van der Waals surface area contributed by atoms with Gasteiger partial charge in [-0.25, -0.2) is 19.1 Å². The van der Waals surface area contributed by atoms with Crippen LogP contribution in [0.5, 0.6) is 5.75 Å². The van der Waals surface area contributed by atoms with Gasteiger partial charge in [0.15, 0.2) is 5.65 Å². The molecule has 1 aliphatic heterocycles. The summed E-state index contributed by atoms with van der Waals surface area (Å²) in [5, 5.41) is 0.131. The Bertz CT molecular complexity index is 1810. The Morgan fingerprint density at radius 2 is 1.46 bits per heavy atom. The van der Waals surface area contributed by atoms with Crippen LogP contribution >= 0.6 is 0 Å². The predicted octanol–water partition coefficient (Wildman–Crippen LogP) is 4.83. The van der Waals surface area contributed by atoms with Crippen molar-refractivity contribution in [1.29, 1.82) is 0 Å². The summed E-state index contributed by atoms with van der Waals surface area (Å²) in [6.07, 6.45) is 2.08. The van der Waals surface area contributed by atoms with Gasteiger partial charge < -0.3 is 14.5 Å². The van der Waals surface area contributed by atoms with Gasteiger partial charge in [0.1, 0.15) is 12.4 Å². The molecule has 5 aromatic rings. The maximum Gasteiger partial charge on any atom is 0.434 e. The lowest BCUT2D eigenvalue weighted by Crippen LogP contribution is -2.47. The number of nitrogens with zero attached hydrogens (tertiary/aromatic N) is 4. The lowest BCUT2D eigenvalue weighted by atomic mass is 10.1. The SMILES string of the molecule is O=C(On1c(=O)n(-c2ccccc2)c(=O)c2ccc(-c3ccccc3OCc3ccccc3)nc21)N1CCCCC1. The molecule has 1 saturated heterocycles. The second kappa shape index (κ2) is 11.5. The number of hydrogen-bond donors (Lipinski definition) is 0. The third-order valence-electron chi connectivity index (χ3n) is 7.06. The van der Waals surface area contributed by atoms with Crippen molar-refractivity contribution in [3.05, 3.63) is 123 Å². The van der Waals surface area contributed by atoms with E-state index in [2.05, 4.69) is 4.98 Å². The number of carbonyl (C=O) groups excluding carboxylic acids is 1. The molecule has 3 heterocycles. The Kier molecular flexibility index (Phi) is 7.32. The van der Waals surface area contributed by atoms with E-state index in [1.54, 1.807) is 47.4 Å². The number of carbonyl (C=O) groups is 1. The summed E-state index contributed by atoms with van der Waals surface area (Å²) in [7, 11) is 0. The van der Waals surface area contributed by atoms with Crippen molar-refractivity contribution in [2.45, 2.75) is 25.9 Å². The van der Waals surface area contributed by atoms with Gasteiger partial charge in [-0.2, -0.15) is 0 Å². The number of hydrogen-bond acceptors (Lipinski definition) is 6. The van der Waals surface area contributed by atoms with Gasteiger partial charge in [0, 0.05) is 18.7 Å². The van der Waals surface area contributed by atoms with Crippen molar-refractivity contribution >= 4 is 17.1 Å². The first-order chi connectivity index (χ1) is 20.1. The standard InChI is InChI=1S/C32H28N4O5/c37-30-26-18-19-27(25-16-8-9-17-28(25)40-22-23-12-4-1-5-13-23)33-29(26)36(41-32(39)34-20-10-3-11-21-34)31(38)35(30)24-14-6-2-7-15-24/h1-2,4-9,12-19H,3,10-11,20-22H2. The minimum Gasteiger partial charge on any atom is -0.488 e. The summed E-state index contributed by atoms with van der Waals surface area (Å²) < 4.78 is 7.94. The number of piperidine rings is 1. The molecule has 1 fully saturated rings. The van der Waals surface area contributed by atoms with Crippen LogP contribution in [0.1, 0.15) is 24.8 Å². The van der Waals surface area contributed by atoms with Crippen LogP contribution in [-0.4, -0.2) is 38.4 Å². The van der Waals surface area contributed by atoms with Crippen molar-refractivity contribution in [3.63, 3.8) is 0 Å². The van der Waals surface area contributed by atoms with Crippen LogP contribution < -0.4 is 20.8 Å². The van der Waals surface area contributed by atoms with Gasteiger partial charge in [-0.05, 0) is 61.2 Å². The smallest absolute Gasteiger partial charge is 0.434 e. The largest absolute Gasteiger partial charge is 0.488 e. The van der Waals surface area contributed by atoms with Crippen LogP contribution in [0.15, 0.2) is 107 Å². The summed E-state index contributed by atoms with van der Waals surface area (Å²) >= 11 is 0. The fourth-order valence-corrected chi connectivity index (χ4v) is 4.95. The Morgan fingerprint density at radius 3 is 2.22 bits per heavy atom. The Labute approximate surface area is 235 Å². The lowest BCUT2D eigenvalue weighted by Gasteiger charge is -2.25. The summed E-state index contributed by atoms with van der Waals surface area (Å²) in [6, 6.07) is 29.0. The van der Waals surface area contributed by atoms with E-state index in [1.807, 2.05) is 54.6 Å². The average molecular weight is 549 g/mol. The van der Waals surface area contributed by atoms with Gasteiger partial charge in [-0.15, -0.1) is 0 Å². The maximum absolute atomic E-state index is 13.8. The molecule has 0 spiro atoms. The summed E-state index contributed by atoms with van der Waals surface area (Å²) in [4.78, 5) is 52.4. The van der Waals surface area contributed by atoms with Crippen molar-refractivity contribution in [1.82, 2.24) is 19.2 Å². The third-order valence-corrected chi connectivity index (χ3v) is 7.06. The topological polar surface area (TPSA) is 95.7 Å². The number of amides is 1. The van der Waals surface area contributed by atoms with Gasteiger partial charge in [0.25, 0.3) is 5.56 Å². The van der Waals surface area contributed by atoms with Crippen LogP contribution in [0.4, 0.5) is 4.79 Å². The number of likely N-dealkylation sites (tertiary alicyclic amines) is 1. The average Bonchev–Trinajstić information content (AvgIpc) is 3.03. The molecule has 1 amide bonds. The lowest BCUT2D eigenvalue weighted by molar-refractivity contribution is 0.0840. The minimum atomic E-state index is -0.822. The Balaban J connectivity index is 1.47. The van der Waals surface area contributed by atoms with Crippen LogP contribution in [0.3, 0.4) is 0 Å². The molecular formula is C32H28N4O5. The highest BCUT2D eigenvalue weighted by Crippen LogP contribution is 2.30. The Hall–Kier alpha value is -5.18. The van der Waals surface area contributed by atoms with E-state index in [0.29, 0.717) is 42.4 Å². The molecule has 0 radical (unpaired) electrons. The molecule has 0 N–H and O–H groups in total. The van der Waals surface area contributed by atoms with Crippen LogP contribution in [0.2, 0.25) is 0 Å². The second-order valence-electron chi connectivity index (χ2n) is 9.80. The van der Waals surface area contributed by atoms with Crippen molar-refractivity contribution < 1.29 is 14.4 Å². The van der Waals surface area contributed by atoms with E-state index in [-0.39, 0.29) is 11.0 Å². The zero-order chi connectivity index (χ0) is 28.2. The summed E-state index contributed by atoms with van der Waals surface area (Å²) in [5.74, 6) is 0.583. The number of pyridine rings is 1. The molecule has 0 aliphatic carbocycles. The van der Waals surface area contributed by atoms with Gasteiger partial charge in [0.2, 0.25) is 0 Å². The van der Waals surface area contributed by atoms with Crippen LogP contribution in [0, 0.1) is 0 Å². The number of para-hydroxylation sites is 2. The first-order valence-electron chi connectivity index (χ1n) is 13.6. The second-order valence-corrected chi connectivity index (χ2v) is 9.80. The summed E-state index contributed by atoms with van der Waals surface area (Å²) in [5.41, 5.74) is 1.06. The van der Waals surface area contributed by atoms with E-state index >= 15 is 0 Å². The molecule has 0 bridgehead atoms. The van der Waals surface area contributed by atoms with Crippen LogP contribution in [0.25, 0.3) is 28.0 Å². The van der Waals surface area contributed by atoms with Gasteiger partial charge in [-0.3, -0.25) is 4.79 Å². The highest BCUT2D eigenvalue weighted by atomic mass is 16.7. The fraction of sp³-hybridized carbons (Fsp3) is 0.188. The number of benzene rings is 3. The summed E-state index contributed by atoms with van der Waals surface area (Å²) in [6.45, 7) is 1.43. The quantitative estimate of drug-likeness (QED) is 0.302. The molecule has 9 nitrogen and oxygen atoms in total. The molecule has 1 aliphatic rings. The first-order valence-corrected chi connectivity index (χ1v) is 13.6. The van der Waals surface area contributed by atoms with Crippen molar-refractivity contribution in [2.75, 3.05) is 13.1 Å². The zero-order valence-electron chi connectivity index (χ0n) is 22.3. The fourth-order valence-electron chi connectivity index (χ4n) is 4.95. The number of aromatic nitrogens is 3. The molecule has 0 saturated carbocycles. The molecule has 41 heavy (non-hydrogen) atoms. The molecule has 9 heteroatoms. The Morgan fingerprint density at radius 1 is 0.780 bits per heavy atom. The maximum atomic E-state index is 13.8. The number of fused-ring (bicyclic) bond motifs is 1. The van der Waals surface area contributed by atoms with E-state index < -0.39 is 17.3 Å². The molecule has 6 rings (SSSR count). The molecule has 3 aromatic carbocycles. The zero-order valence-corrected chi connectivity index (χ0v) is 22.3. The number of ether oxygens (including phenoxy) is 1. The predicted molar refractivity (Wildman–Crippen MR) is 155 cm³/mol. The van der Waals surface area contributed by atoms with Gasteiger partial charge >= 0.3 is 11.8 Å². The van der Waals surface area contributed by atoms with Crippen molar-refractivity contribution in [2.24, 2.45) is 0 Å². The van der Waals surface area contributed by atoms with E-state index in [1.165, 1.54) is 0 Å². The molecule has 2 aromatic heterocycles. The van der Waals surface area contributed by atoms with Gasteiger partial charge in [0.05, 0.1) is 16.8 Å². The molecule has 0 unspecified atom stereocenters. The third kappa shape index (κ3) is 5.34. The molecule has 0 atom stereocenters. The van der Waals surface area contributed by atoms with E-state index in [4.69, 9.17) is 9.57 Å². The highest BCUT2D eigenvalue weighted by molar-refractivity contribution is 5.80. The normalized spacial score (nSPS) is 13.2. The van der Waals surface area contributed by atoms with Crippen LogP contribution in [-0.2, 0) is 6.61 Å². The molecular weight excluding hydrogens is 520 g/mol. The first kappa shape index (κ1) is 26.1. The van der Waals surface area contributed by atoms with E-state index in [9.17, 15) is 14.4 Å². The highest BCUT2D eigenvalue weighted by Gasteiger charge is 2.24. The van der Waals surface area contributed by atoms with Gasteiger partial charge in [-0.1, -0.05) is 65.4 Å². The van der Waals surface area contributed by atoms with Crippen molar-refractivity contribution in [3.8, 4) is 22.7 Å². The monoisotopic (exact) mass is 548 g/mol. The number of rotatable bonds is 6. The minimum absolute atomic E-state index is 0.0482.